The Hall–Kier alpha value is -2.19. The van der Waals surface area contributed by atoms with Gasteiger partial charge in [-0.1, -0.05) is 6.07 Å². The number of benzene rings is 1. The Bertz CT molecular complexity index is 828. The third kappa shape index (κ3) is 5.90. The minimum atomic E-state index is -0.823. The van der Waals surface area contributed by atoms with E-state index in [1.807, 2.05) is 19.1 Å². The van der Waals surface area contributed by atoms with Crippen molar-refractivity contribution in [1.29, 1.82) is 0 Å². The number of nitrogens with zero attached hydrogens (tertiary/aromatic N) is 1. The Morgan fingerprint density at radius 2 is 1.72 bits per heavy atom. The number of piperidine rings is 1. The van der Waals surface area contributed by atoms with Crippen molar-refractivity contribution in [2.45, 2.75) is 25.4 Å². The summed E-state index contributed by atoms with van der Waals surface area (Å²) in [6, 6.07) is 8.74. The maximum atomic E-state index is 12.8. The number of aryl methyl sites for hydroxylation is 1. The summed E-state index contributed by atoms with van der Waals surface area (Å²) in [5, 5.41) is 9.05. The predicted molar refractivity (Wildman–Crippen MR) is 118 cm³/mol. The van der Waals surface area contributed by atoms with Gasteiger partial charge in [-0.3, -0.25) is 14.6 Å². The predicted octanol–water partition coefficient (Wildman–Crippen LogP) is 3.19. The van der Waals surface area contributed by atoms with Gasteiger partial charge in [-0.15, -0.1) is 24.8 Å². The lowest BCUT2D eigenvalue weighted by Gasteiger charge is -2.34. The number of pyridine rings is 1. The van der Waals surface area contributed by atoms with Crippen LogP contribution in [0.3, 0.4) is 0 Å². The molecule has 0 atom stereocenters. The zero-order valence-electron chi connectivity index (χ0n) is 16.4. The van der Waals surface area contributed by atoms with Gasteiger partial charge in [0, 0.05) is 36.4 Å². The molecule has 3 rings (SSSR count). The van der Waals surface area contributed by atoms with E-state index in [9.17, 15) is 9.59 Å². The summed E-state index contributed by atoms with van der Waals surface area (Å²) in [4.78, 5) is 29.1. The van der Waals surface area contributed by atoms with Crippen LogP contribution in [0.1, 0.15) is 28.8 Å². The fourth-order valence-electron chi connectivity index (χ4n) is 3.13. The van der Waals surface area contributed by atoms with Crippen molar-refractivity contribution in [3.05, 3.63) is 53.9 Å². The molecule has 1 aliphatic rings. The monoisotopic (exact) mass is 440 g/mol. The van der Waals surface area contributed by atoms with E-state index in [1.165, 1.54) is 0 Å². The van der Waals surface area contributed by atoms with Crippen molar-refractivity contribution in [3.63, 3.8) is 0 Å². The highest BCUT2D eigenvalue weighted by Crippen LogP contribution is 2.26. The molecule has 1 fully saturated rings. The summed E-state index contributed by atoms with van der Waals surface area (Å²) in [5.41, 5.74) is 1.86. The maximum Gasteiger partial charge on any atom is 0.256 e. The average molecular weight is 441 g/mol. The molecule has 0 radical (unpaired) electrons. The Labute approximate surface area is 182 Å². The molecule has 0 bridgehead atoms. The van der Waals surface area contributed by atoms with E-state index in [2.05, 4.69) is 20.9 Å². The zero-order chi connectivity index (χ0) is 19.3. The first-order valence-corrected chi connectivity index (χ1v) is 8.93. The van der Waals surface area contributed by atoms with E-state index in [-0.39, 0.29) is 36.6 Å². The van der Waals surface area contributed by atoms with Crippen LogP contribution < -0.4 is 16.0 Å². The molecule has 1 aliphatic heterocycles. The number of hydrogen-bond acceptors (Lipinski definition) is 5. The molecular formula is C20H26Cl2N4O3. The van der Waals surface area contributed by atoms with Gasteiger partial charge < -0.3 is 20.7 Å². The molecule has 3 N–H and O–H groups in total. The standard InChI is InChI=1S/C20H24N4O3.2ClH/c1-14-3-4-16(23-19(26)20(27-2)7-11-22-12-8-20)13-17(14)24-18(25)15-5-9-21-10-6-15;;/h3-6,9-10,13,22H,7-8,11-12H2,1-2H3,(H,23,26)(H,24,25);2*1H. The second-order valence-electron chi connectivity index (χ2n) is 6.62. The number of carbonyl (C=O) groups is 2. The maximum absolute atomic E-state index is 12.8. The normalized spacial score (nSPS) is 14.7. The number of aromatic nitrogens is 1. The second-order valence-corrected chi connectivity index (χ2v) is 6.62. The smallest absolute Gasteiger partial charge is 0.256 e. The number of rotatable bonds is 5. The number of halogens is 2. The fourth-order valence-corrected chi connectivity index (χ4v) is 3.13. The van der Waals surface area contributed by atoms with Gasteiger partial charge in [0.05, 0.1) is 0 Å². The van der Waals surface area contributed by atoms with Crippen LogP contribution in [0.2, 0.25) is 0 Å². The molecule has 9 heteroatoms. The highest BCUT2D eigenvalue weighted by atomic mass is 35.5. The average Bonchev–Trinajstić information content (AvgIpc) is 2.71. The van der Waals surface area contributed by atoms with Crippen LogP contribution >= 0.6 is 24.8 Å². The van der Waals surface area contributed by atoms with Gasteiger partial charge in [0.2, 0.25) is 0 Å². The summed E-state index contributed by atoms with van der Waals surface area (Å²) in [6.45, 7) is 3.38. The van der Waals surface area contributed by atoms with Crippen molar-refractivity contribution in [1.82, 2.24) is 10.3 Å². The fraction of sp³-hybridized carbons (Fsp3) is 0.350. The molecule has 0 aliphatic carbocycles. The lowest BCUT2D eigenvalue weighted by Crippen LogP contribution is -2.51. The SMILES string of the molecule is COC1(C(=O)Nc2ccc(C)c(NC(=O)c3ccncc3)c2)CCNCC1.Cl.Cl. The molecule has 1 aromatic heterocycles. The van der Waals surface area contributed by atoms with Gasteiger partial charge >= 0.3 is 0 Å². The molecule has 7 nitrogen and oxygen atoms in total. The number of nitrogens with one attached hydrogen (secondary N) is 3. The van der Waals surface area contributed by atoms with Crippen LogP contribution in [-0.4, -0.2) is 42.6 Å². The van der Waals surface area contributed by atoms with E-state index in [0.717, 1.165) is 18.7 Å². The van der Waals surface area contributed by atoms with Gasteiger partial charge in [0.1, 0.15) is 5.60 Å². The molecule has 0 spiro atoms. The van der Waals surface area contributed by atoms with Crippen LogP contribution in [0.5, 0.6) is 0 Å². The van der Waals surface area contributed by atoms with Crippen LogP contribution in [0.25, 0.3) is 0 Å². The molecule has 0 saturated carbocycles. The third-order valence-electron chi connectivity index (χ3n) is 4.90. The number of carbonyl (C=O) groups excluding carboxylic acids is 2. The number of amides is 2. The molecule has 2 amide bonds. The highest BCUT2D eigenvalue weighted by Gasteiger charge is 2.39. The second kappa shape index (κ2) is 11.1. The minimum Gasteiger partial charge on any atom is -0.368 e. The van der Waals surface area contributed by atoms with Gasteiger partial charge in [-0.25, -0.2) is 0 Å². The number of anilines is 2. The van der Waals surface area contributed by atoms with Crippen LogP contribution in [0.4, 0.5) is 11.4 Å². The lowest BCUT2D eigenvalue weighted by atomic mass is 9.91. The van der Waals surface area contributed by atoms with Gasteiger partial charge in [-0.05, 0) is 62.7 Å². The van der Waals surface area contributed by atoms with E-state index in [1.54, 1.807) is 37.7 Å². The van der Waals surface area contributed by atoms with Crippen molar-refractivity contribution in [2.24, 2.45) is 0 Å². The van der Waals surface area contributed by atoms with E-state index in [0.29, 0.717) is 29.8 Å². The molecule has 2 aromatic rings. The first kappa shape index (κ1) is 24.8. The Kier molecular flexibility index (Phi) is 9.52. The quantitative estimate of drug-likeness (QED) is 0.663. The lowest BCUT2D eigenvalue weighted by molar-refractivity contribution is -0.140. The first-order chi connectivity index (χ1) is 13.0. The van der Waals surface area contributed by atoms with Gasteiger partial charge in [-0.2, -0.15) is 0 Å². The van der Waals surface area contributed by atoms with Crippen molar-refractivity contribution >= 4 is 48.0 Å². The van der Waals surface area contributed by atoms with Crippen LogP contribution in [0.15, 0.2) is 42.7 Å². The van der Waals surface area contributed by atoms with E-state index < -0.39 is 5.60 Å². The molecule has 1 saturated heterocycles. The summed E-state index contributed by atoms with van der Waals surface area (Å²) in [6.07, 6.45) is 4.38. The van der Waals surface area contributed by atoms with Gasteiger partial charge in [0.15, 0.2) is 0 Å². The minimum absolute atomic E-state index is 0. The first-order valence-electron chi connectivity index (χ1n) is 8.93. The highest BCUT2D eigenvalue weighted by molar-refractivity contribution is 6.05. The molecule has 2 heterocycles. The van der Waals surface area contributed by atoms with Crippen molar-refractivity contribution < 1.29 is 14.3 Å². The molecule has 0 unspecified atom stereocenters. The van der Waals surface area contributed by atoms with Gasteiger partial charge in [0.25, 0.3) is 11.8 Å². The Balaban J connectivity index is 0.00000210. The Morgan fingerprint density at radius 1 is 1.07 bits per heavy atom. The van der Waals surface area contributed by atoms with Crippen molar-refractivity contribution in [2.75, 3.05) is 30.8 Å². The summed E-state index contributed by atoms with van der Waals surface area (Å²) in [5.74, 6) is -0.391. The molecular weight excluding hydrogens is 415 g/mol. The largest absolute Gasteiger partial charge is 0.368 e. The van der Waals surface area contributed by atoms with E-state index >= 15 is 0 Å². The number of methoxy groups -OCH3 is 1. The molecule has 158 valence electrons. The Morgan fingerprint density at radius 3 is 2.34 bits per heavy atom. The molecule has 1 aromatic carbocycles. The topological polar surface area (TPSA) is 92.4 Å². The summed E-state index contributed by atoms with van der Waals surface area (Å²) < 4.78 is 5.56. The third-order valence-corrected chi connectivity index (χ3v) is 4.90. The number of hydrogen-bond donors (Lipinski definition) is 3. The van der Waals surface area contributed by atoms with Crippen LogP contribution in [0, 0.1) is 6.92 Å². The van der Waals surface area contributed by atoms with Crippen molar-refractivity contribution in [3.8, 4) is 0 Å². The van der Waals surface area contributed by atoms with Crippen LogP contribution in [-0.2, 0) is 9.53 Å². The molecule has 29 heavy (non-hydrogen) atoms. The van der Waals surface area contributed by atoms with E-state index in [4.69, 9.17) is 4.74 Å². The zero-order valence-corrected chi connectivity index (χ0v) is 18.0. The summed E-state index contributed by atoms with van der Waals surface area (Å²) >= 11 is 0. The number of ether oxygens (including phenoxy) is 1. The summed E-state index contributed by atoms with van der Waals surface area (Å²) in [7, 11) is 1.57.